The van der Waals surface area contributed by atoms with Crippen molar-refractivity contribution in [3.05, 3.63) is 55.4 Å². The summed E-state index contributed by atoms with van der Waals surface area (Å²) in [4.78, 5) is 0. The van der Waals surface area contributed by atoms with E-state index in [1.54, 1.807) is 39.7 Å². The zero-order chi connectivity index (χ0) is 13.1. The molecule has 0 aliphatic heterocycles. The lowest BCUT2D eigenvalue weighted by Crippen LogP contribution is -2.52. The van der Waals surface area contributed by atoms with Gasteiger partial charge in [0.1, 0.15) is 6.61 Å². The molecule has 3 rings (SSSR count). The lowest BCUT2D eigenvalue weighted by atomic mass is 10.3. The molecule has 0 spiro atoms. The number of hydrogen-bond acceptors (Lipinski definition) is 4. The van der Waals surface area contributed by atoms with Crippen molar-refractivity contribution in [1.82, 2.24) is 29.3 Å². The predicted molar refractivity (Wildman–Crippen MR) is 67.3 cm³/mol. The Kier molecular flexibility index (Phi) is 2.88. The number of methoxy groups -OCH3 is 1. The molecule has 0 atom stereocenters. The maximum absolute atomic E-state index is 5.40. The lowest BCUT2D eigenvalue weighted by Gasteiger charge is -2.33. The molecule has 3 aromatic rings. The van der Waals surface area contributed by atoms with E-state index in [0.29, 0.717) is 6.61 Å². The molecule has 0 N–H and O–H groups in total. The minimum absolute atomic E-state index is 0.345. The van der Waals surface area contributed by atoms with E-state index in [4.69, 9.17) is 4.74 Å². The third-order valence-corrected chi connectivity index (χ3v) is 2.95. The van der Waals surface area contributed by atoms with E-state index in [-0.39, 0.29) is 0 Å². The molecule has 3 aromatic heterocycles. The Morgan fingerprint density at radius 2 is 1.26 bits per heavy atom. The number of hydrogen-bond donors (Lipinski definition) is 0. The van der Waals surface area contributed by atoms with Crippen LogP contribution in [-0.4, -0.2) is 43.1 Å². The third kappa shape index (κ3) is 1.75. The van der Waals surface area contributed by atoms with Crippen LogP contribution >= 0.6 is 0 Å². The zero-order valence-electron chi connectivity index (χ0n) is 10.5. The van der Waals surface area contributed by atoms with Gasteiger partial charge < -0.3 is 4.74 Å². The summed E-state index contributed by atoms with van der Waals surface area (Å²) in [7, 11) is 1.64. The molecule has 7 nitrogen and oxygen atoms in total. The molecule has 0 bridgehead atoms. The van der Waals surface area contributed by atoms with Crippen LogP contribution in [0.15, 0.2) is 55.4 Å². The van der Waals surface area contributed by atoms with Crippen molar-refractivity contribution in [1.29, 1.82) is 0 Å². The van der Waals surface area contributed by atoms with Crippen molar-refractivity contribution in [2.45, 2.75) is 5.79 Å². The molecule has 19 heavy (non-hydrogen) atoms. The molecule has 98 valence electrons. The van der Waals surface area contributed by atoms with E-state index in [2.05, 4.69) is 15.3 Å². The van der Waals surface area contributed by atoms with E-state index in [1.807, 2.05) is 36.8 Å². The van der Waals surface area contributed by atoms with E-state index < -0.39 is 5.79 Å². The van der Waals surface area contributed by atoms with Gasteiger partial charge in [-0.25, -0.2) is 14.0 Å². The average Bonchev–Trinajstić information content (AvgIpc) is 3.18. The molecule has 0 aliphatic carbocycles. The summed E-state index contributed by atoms with van der Waals surface area (Å²) in [6.45, 7) is 0.345. The normalized spacial score (nSPS) is 11.8. The number of rotatable bonds is 5. The highest BCUT2D eigenvalue weighted by atomic mass is 16.5. The first kappa shape index (κ1) is 11.7. The van der Waals surface area contributed by atoms with Crippen LogP contribution in [0.4, 0.5) is 0 Å². The molecule has 0 unspecified atom stereocenters. The van der Waals surface area contributed by atoms with Crippen molar-refractivity contribution in [2.75, 3.05) is 13.7 Å². The molecule has 3 heterocycles. The lowest BCUT2D eigenvalue weighted by molar-refractivity contribution is 0.0117. The Labute approximate surface area is 110 Å². The van der Waals surface area contributed by atoms with Crippen molar-refractivity contribution < 1.29 is 4.74 Å². The van der Waals surface area contributed by atoms with Crippen LogP contribution < -0.4 is 0 Å². The highest BCUT2D eigenvalue weighted by Crippen LogP contribution is 2.20. The SMILES string of the molecule is COCC(n1cccn1)(n1cccn1)n1cccn1. The molecule has 0 aliphatic rings. The summed E-state index contributed by atoms with van der Waals surface area (Å²) >= 11 is 0. The van der Waals surface area contributed by atoms with E-state index >= 15 is 0 Å². The zero-order valence-corrected chi connectivity index (χ0v) is 10.5. The van der Waals surface area contributed by atoms with E-state index in [0.717, 1.165) is 0 Å². The minimum atomic E-state index is -0.786. The van der Waals surface area contributed by atoms with Crippen LogP contribution in [0, 0.1) is 0 Å². The van der Waals surface area contributed by atoms with Crippen LogP contribution in [0.3, 0.4) is 0 Å². The van der Waals surface area contributed by atoms with Crippen molar-refractivity contribution in [3.63, 3.8) is 0 Å². The topological polar surface area (TPSA) is 62.7 Å². The molecule has 0 saturated carbocycles. The minimum Gasteiger partial charge on any atom is -0.378 e. The van der Waals surface area contributed by atoms with Crippen LogP contribution in [0.25, 0.3) is 0 Å². The quantitative estimate of drug-likeness (QED) is 0.673. The fourth-order valence-corrected chi connectivity index (χ4v) is 2.15. The maximum Gasteiger partial charge on any atom is 0.273 e. The first-order chi connectivity index (χ1) is 9.38. The summed E-state index contributed by atoms with van der Waals surface area (Å²) in [5.74, 6) is -0.786. The van der Waals surface area contributed by atoms with Crippen LogP contribution in [0.5, 0.6) is 0 Å². The van der Waals surface area contributed by atoms with Gasteiger partial charge in [0.2, 0.25) is 0 Å². The fraction of sp³-hybridized carbons (Fsp3) is 0.250. The van der Waals surface area contributed by atoms with Gasteiger partial charge in [-0.15, -0.1) is 0 Å². The molecule has 7 heteroatoms. The number of nitrogens with zero attached hydrogens (tertiary/aromatic N) is 6. The first-order valence-electron chi connectivity index (χ1n) is 5.87. The van der Waals surface area contributed by atoms with E-state index in [1.165, 1.54) is 0 Å². The van der Waals surface area contributed by atoms with Gasteiger partial charge in [-0.2, -0.15) is 15.3 Å². The van der Waals surface area contributed by atoms with E-state index in [9.17, 15) is 0 Å². The second-order valence-corrected chi connectivity index (χ2v) is 4.06. The molecule has 0 aromatic carbocycles. The van der Waals surface area contributed by atoms with Gasteiger partial charge in [-0.05, 0) is 18.2 Å². The summed E-state index contributed by atoms with van der Waals surface area (Å²) < 4.78 is 10.7. The molecule has 0 saturated heterocycles. The first-order valence-corrected chi connectivity index (χ1v) is 5.87. The third-order valence-electron chi connectivity index (χ3n) is 2.95. The second-order valence-electron chi connectivity index (χ2n) is 4.06. The van der Waals surface area contributed by atoms with Crippen molar-refractivity contribution in [3.8, 4) is 0 Å². The number of aromatic nitrogens is 6. The standard InChI is InChI=1S/C12H14N6O/c1-19-11-12(16-8-2-5-13-16,17-9-3-6-14-17)18-10-4-7-15-18/h2-10H,11H2,1H3. The van der Waals surface area contributed by atoms with Crippen LogP contribution in [0.1, 0.15) is 0 Å². The van der Waals surface area contributed by atoms with Crippen LogP contribution in [-0.2, 0) is 10.5 Å². The average molecular weight is 258 g/mol. The smallest absolute Gasteiger partial charge is 0.273 e. The van der Waals surface area contributed by atoms with Crippen LogP contribution in [0.2, 0.25) is 0 Å². The Morgan fingerprint density at radius 1 is 0.842 bits per heavy atom. The predicted octanol–water partition coefficient (Wildman–Crippen LogP) is 0.629. The van der Waals surface area contributed by atoms with Gasteiger partial charge >= 0.3 is 0 Å². The Balaban J connectivity index is 2.24. The van der Waals surface area contributed by atoms with Gasteiger partial charge in [0.05, 0.1) is 0 Å². The Hall–Kier alpha value is -2.41. The molecular formula is C12H14N6O. The number of ether oxygens (including phenoxy) is 1. The summed E-state index contributed by atoms with van der Waals surface area (Å²) in [5, 5.41) is 13.0. The molecule has 0 radical (unpaired) electrons. The molecule has 0 fully saturated rings. The Bertz CT molecular complexity index is 515. The highest BCUT2D eigenvalue weighted by molar-refractivity contribution is 4.97. The maximum atomic E-state index is 5.40. The van der Waals surface area contributed by atoms with Crippen molar-refractivity contribution in [2.24, 2.45) is 0 Å². The van der Waals surface area contributed by atoms with Gasteiger partial charge in [0, 0.05) is 44.3 Å². The Morgan fingerprint density at radius 3 is 1.53 bits per heavy atom. The summed E-state index contributed by atoms with van der Waals surface area (Å²) in [5.41, 5.74) is 0. The molecule has 0 amide bonds. The second kappa shape index (κ2) is 4.69. The molecular weight excluding hydrogens is 244 g/mol. The van der Waals surface area contributed by atoms with Gasteiger partial charge in [0.15, 0.2) is 0 Å². The largest absolute Gasteiger partial charge is 0.378 e. The fourth-order valence-electron chi connectivity index (χ4n) is 2.15. The van der Waals surface area contributed by atoms with Gasteiger partial charge in [-0.1, -0.05) is 0 Å². The monoisotopic (exact) mass is 258 g/mol. The highest BCUT2D eigenvalue weighted by Gasteiger charge is 2.38. The van der Waals surface area contributed by atoms with Gasteiger partial charge in [-0.3, -0.25) is 0 Å². The van der Waals surface area contributed by atoms with Gasteiger partial charge in [0.25, 0.3) is 5.79 Å². The summed E-state index contributed by atoms with van der Waals surface area (Å²) in [6, 6.07) is 5.58. The summed E-state index contributed by atoms with van der Waals surface area (Å²) in [6.07, 6.45) is 10.7. The van der Waals surface area contributed by atoms with Crippen molar-refractivity contribution >= 4 is 0 Å².